The number of aromatic nitrogens is 1. The summed E-state index contributed by atoms with van der Waals surface area (Å²) in [6.45, 7) is 9.19. The van der Waals surface area contributed by atoms with E-state index in [0.717, 1.165) is 0 Å². The number of anilines is 1. The molecule has 1 aromatic heterocycles. The Hall–Kier alpha value is -1.37. The molecule has 0 spiro atoms. The molecular formula is C15H21BrFN3O2. The number of hydrogen-bond donors (Lipinski definition) is 0. The number of amides is 1. The van der Waals surface area contributed by atoms with Crippen LogP contribution in [0.25, 0.3) is 0 Å². The number of hydrogen-bond acceptors (Lipinski definition) is 4. The molecular weight excluding hydrogens is 353 g/mol. The second-order valence-electron chi connectivity index (χ2n) is 6.44. The first kappa shape index (κ1) is 17.0. The molecule has 7 heteroatoms. The molecule has 1 saturated heterocycles. The van der Waals surface area contributed by atoms with E-state index < -0.39 is 5.60 Å². The maximum Gasteiger partial charge on any atom is 0.410 e. The highest BCUT2D eigenvalue weighted by Crippen LogP contribution is 2.22. The molecule has 2 heterocycles. The summed E-state index contributed by atoms with van der Waals surface area (Å²) in [6, 6.07) is 2.69. The van der Waals surface area contributed by atoms with Crippen LogP contribution in [0, 0.1) is 5.82 Å². The molecule has 122 valence electrons. The van der Waals surface area contributed by atoms with Crippen LogP contribution in [0.4, 0.5) is 15.0 Å². The van der Waals surface area contributed by atoms with Gasteiger partial charge in [0.1, 0.15) is 21.8 Å². The van der Waals surface area contributed by atoms with Gasteiger partial charge >= 0.3 is 6.09 Å². The largest absolute Gasteiger partial charge is 0.444 e. The number of rotatable bonds is 1. The van der Waals surface area contributed by atoms with Crippen LogP contribution in [-0.4, -0.2) is 47.3 Å². The van der Waals surface area contributed by atoms with Gasteiger partial charge in [0.05, 0.1) is 0 Å². The molecule has 0 radical (unpaired) electrons. The molecule has 1 aliphatic rings. The lowest BCUT2D eigenvalue weighted by atomic mass is 10.2. The normalized spacial score (nSPS) is 19.3. The summed E-state index contributed by atoms with van der Waals surface area (Å²) < 4.78 is 19.4. The lowest BCUT2D eigenvalue weighted by molar-refractivity contribution is 0.0158. The van der Waals surface area contributed by atoms with Crippen molar-refractivity contribution in [2.24, 2.45) is 0 Å². The Balaban J connectivity index is 2.05. The lowest BCUT2D eigenvalue weighted by Crippen LogP contribution is -2.55. The Labute approximate surface area is 138 Å². The number of piperazine rings is 1. The quantitative estimate of drug-likeness (QED) is 0.707. The van der Waals surface area contributed by atoms with Gasteiger partial charge in [-0.1, -0.05) is 0 Å². The molecule has 1 fully saturated rings. The Kier molecular flexibility index (Phi) is 4.94. The summed E-state index contributed by atoms with van der Waals surface area (Å²) in [5.41, 5.74) is -0.511. The molecule has 22 heavy (non-hydrogen) atoms. The minimum absolute atomic E-state index is 0.0348. The van der Waals surface area contributed by atoms with E-state index in [2.05, 4.69) is 20.9 Å². The fourth-order valence-electron chi connectivity index (χ4n) is 2.37. The highest BCUT2D eigenvalue weighted by molar-refractivity contribution is 9.10. The van der Waals surface area contributed by atoms with Crippen LogP contribution in [0.15, 0.2) is 16.7 Å². The van der Waals surface area contributed by atoms with Gasteiger partial charge in [0, 0.05) is 37.8 Å². The molecule has 0 saturated carbocycles. The van der Waals surface area contributed by atoms with Gasteiger partial charge in [-0.2, -0.15) is 0 Å². The predicted octanol–water partition coefficient (Wildman–Crippen LogP) is 3.43. The number of carbonyl (C=O) groups excluding carboxylic acids is 1. The van der Waals surface area contributed by atoms with Crippen molar-refractivity contribution in [2.45, 2.75) is 39.3 Å². The van der Waals surface area contributed by atoms with E-state index in [0.29, 0.717) is 30.1 Å². The molecule has 1 aromatic rings. The average Bonchev–Trinajstić information content (AvgIpc) is 2.35. The molecule has 0 aliphatic carbocycles. The van der Waals surface area contributed by atoms with E-state index in [1.807, 2.05) is 32.6 Å². The van der Waals surface area contributed by atoms with E-state index in [-0.39, 0.29) is 18.0 Å². The summed E-state index contributed by atoms with van der Waals surface area (Å²) in [4.78, 5) is 20.1. The smallest absolute Gasteiger partial charge is 0.410 e. The Morgan fingerprint density at radius 1 is 1.41 bits per heavy atom. The van der Waals surface area contributed by atoms with E-state index in [1.165, 1.54) is 12.1 Å². The highest BCUT2D eigenvalue weighted by atomic mass is 79.9. The van der Waals surface area contributed by atoms with E-state index in [4.69, 9.17) is 4.74 Å². The molecule has 1 atom stereocenters. The minimum Gasteiger partial charge on any atom is -0.444 e. The standard InChI is InChI=1S/C15H21BrFN3O2/c1-10-9-19(13-8-11(17)7-12(16)18-13)5-6-20(10)14(21)22-15(2,3)4/h7-8,10H,5-6,9H2,1-4H3/t10-/m0/s1. The summed E-state index contributed by atoms with van der Waals surface area (Å²) in [5, 5.41) is 0. The third-order valence-electron chi connectivity index (χ3n) is 3.32. The highest BCUT2D eigenvalue weighted by Gasteiger charge is 2.31. The van der Waals surface area contributed by atoms with Crippen molar-refractivity contribution in [2.75, 3.05) is 24.5 Å². The van der Waals surface area contributed by atoms with Crippen molar-refractivity contribution < 1.29 is 13.9 Å². The van der Waals surface area contributed by atoms with Crippen molar-refractivity contribution >= 4 is 27.8 Å². The zero-order chi connectivity index (χ0) is 16.5. The van der Waals surface area contributed by atoms with Crippen molar-refractivity contribution in [3.05, 3.63) is 22.6 Å². The minimum atomic E-state index is -0.511. The van der Waals surface area contributed by atoms with Crippen LogP contribution in [0.5, 0.6) is 0 Å². The van der Waals surface area contributed by atoms with E-state index in [9.17, 15) is 9.18 Å². The van der Waals surface area contributed by atoms with Gasteiger partial charge in [-0.15, -0.1) is 0 Å². The second-order valence-corrected chi connectivity index (χ2v) is 7.25. The molecule has 0 unspecified atom stereocenters. The maximum absolute atomic E-state index is 13.5. The van der Waals surface area contributed by atoms with Gasteiger partial charge in [-0.05, 0) is 43.6 Å². The third-order valence-corrected chi connectivity index (χ3v) is 3.73. The van der Waals surface area contributed by atoms with Gasteiger partial charge in [0.15, 0.2) is 0 Å². The number of halogens is 2. The van der Waals surface area contributed by atoms with E-state index >= 15 is 0 Å². The van der Waals surface area contributed by atoms with Gasteiger partial charge in [0.2, 0.25) is 0 Å². The maximum atomic E-state index is 13.5. The topological polar surface area (TPSA) is 45.7 Å². The second kappa shape index (κ2) is 6.40. The predicted molar refractivity (Wildman–Crippen MR) is 86.5 cm³/mol. The Bertz CT molecular complexity index is 542. The van der Waals surface area contributed by atoms with Gasteiger partial charge in [-0.3, -0.25) is 0 Å². The molecule has 1 amide bonds. The third kappa shape index (κ3) is 4.32. The molecule has 2 rings (SSSR count). The SMILES string of the molecule is C[C@H]1CN(c2cc(F)cc(Br)n2)CCN1C(=O)OC(C)(C)C. The number of nitrogens with zero attached hydrogens (tertiary/aromatic N) is 3. The van der Waals surface area contributed by atoms with Gasteiger partial charge < -0.3 is 14.5 Å². The van der Waals surface area contributed by atoms with Crippen LogP contribution in [0.3, 0.4) is 0 Å². The molecule has 5 nitrogen and oxygen atoms in total. The van der Waals surface area contributed by atoms with Crippen LogP contribution >= 0.6 is 15.9 Å². The zero-order valence-electron chi connectivity index (χ0n) is 13.3. The number of carbonyl (C=O) groups is 1. The van der Waals surface area contributed by atoms with E-state index in [1.54, 1.807) is 4.90 Å². The first-order valence-corrected chi connectivity index (χ1v) is 8.02. The molecule has 0 aromatic carbocycles. The average molecular weight is 374 g/mol. The first-order chi connectivity index (χ1) is 10.2. The molecule has 0 bridgehead atoms. The summed E-state index contributed by atoms with van der Waals surface area (Å²) in [5.74, 6) is 0.238. The van der Waals surface area contributed by atoms with Gasteiger partial charge in [-0.25, -0.2) is 14.2 Å². The Morgan fingerprint density at radius 3 is 2.64 bits per heavy atom. The fourth-order valence-corrected chi connectivity index (χ4v) is 2.77. The summed E-state index contributed by atoms with van der Waals surface area (Å²) in [7, 11) is 0. The van der Waals surface area contributed by atoms with Crippen LogP contribution in [0.1, 0.15) is 27.7 Å². The summed E-state index contributed by atoms with van der Waals surface area (Å²) >= 11 is 3.20. The summed E-state index contributed by atoms with van der Waals surface area (Å²) in [6.07, 6.45) is -0.312. The molecule has 1 aliphatic heterocycles. The molecule has 0 N–H and O–H groups in total. The number of pyridine rings is 1. The zero-order valence-corrected chi connectivity index (χ0v) is 14.9. The fraction of sp³-hybridized carbons (Fsp3) is 0.600. The van der Waals surface area contributed by atoms with Crippen molar-refractivity contribution in [1.29, 1.82) is 0 Å². The van der Waals surface area contributed by atoms with Crippen LogP contribution < -0.4 is 4.90 Å². The van der Waals surface area contributed by atoms with Gasteiger partial charge in [0.25, 0.3) is 0 Å². The Morgan fingerprint density at radius 2 is 2.09 bits per heavy atom. The lowest BCUT2D eigenvalue weighted by Gasteiger charge is -2.40. The monoisotopic (exact) mass is 373 g/mol. The van der Waals surface area contributed by atoms with Crippen LogP contribution in [0.2, 0.25) is 0 Å². The number of ether oxygens (including phenoxy) is 1. The first-order valence-electron chi connectivity index (χ1n) is 7.23. The van der Waals surface area contributed by atoms with Crippen molar-refractivity contribution in [3.63, 3.8) is 0 Å². The van der Waals surface area contributed by atoms with Crippen molar-refractivity contribution in [3.8, 4) is 0 Å². The van der Waals surface area contributed by atoms with Crippen molar-refractivity contribution in [1.82, 2.24) is 9.88 Å². The van der Waals surface area contributed by atoms with Crippen LogP contribution in [-0.2, 0) is 4.74 Å².